The number of rotatable bonds is 2. The van der Waals surface area contributed by atoms with E-state index in [9.17, 15) is 4.79 Å². The molecule has 0 aromatic carbocycles. The summed E-state index contributed by atoms with van der Waals surface area (Å²) in [6.45, 7) is 1.86. The Labute approximate surface area is 72.1 Å². The lowest BCUT2D eigenvalue weighted by atomic mass is 10.6. The summed E-state index contributed by atoms with van der Waals surface area (Å²) >= 11 is 10.5. The molecule has 0 heterocycles. The van der Waals surface area contributed by atoms with Gasteiger partial charge in [0.2, 0.25) is 6.41 Å². The van der Waals surface area contributed by atoms with Gasteiger partial charge in [0, 0.05) is 25.4 Å². The molecule has 0 aromatic rings. The van der Waals surface area contributed by atoms with E-state index in [1.54, 1.807) is 14.1 Å². The van der Waals surface area contributed by atoms with Gasteiger partial charge in [-0.05, 0) is 6.92 Å². The first kappa shape index (κ1) is 12.7. The number of hydrogen-bond donors (Lipinski definition) is 0. The van der Waals surface area contributed by atoms with Crippen LogP contribution in [0.4, 0.5) is 0 Å². The lowest BCUT2D eigenvalue weighted by Gasteiger charge is -1.93. The molecule has 0 aromatic heterocycles. The van der Waals surface area contributed by atoms with Gasteiger partial charge < -0.3 is 4.90 Å². The van der Waals surface area contributed by atoms with E-state index in [0.29, 0.717) is 5.88 Å². The highest BCUT2D eigenvalue weighted by Crippen LogP contribution is 1.93. The smallest absolute Gasteiger partial charge is 0.209 e. The maximum absolute atomic E-state index is 9.43. The monoisotopic (exact) mass is 185 g/mol. The molecule has 1 amide bonds. The summed E-state index contributed by atoms with van der Waals surface area (Å²) in [6.07, 6.45) is 0.750. The number of alkyl halides is 2. The number of hydrogen-bond acceptors (Lipinski definition) is 1. The minimum absolute atomic E-state index is 0.122. The Kier molecular flexibility index (Phi) is 11.5. The van der Waals surface area contributed by atoms with E-state index < -0.39 is 0 Å². The standard InChI is InChI=1S/C3H6Cl2.C3H7NO/c1-3(5)2-4;1-4(2)3-5/h3H,2H2,1H3;3H,1-2H3. The molecular weight excluding hydrogens is 173 g/mol. The molecule has 62 valence electrons. The summed E-state index contributed by atoms with van der Waals surface area (Å²) in [4.78, 5) is 10.9. The van der Waals surface area contributed by atoms with Gasteiger partial charge in [-0.25, -0.2) is 0 Å². The van der Waals surface area contributed by atoms with Gasteiger partial charge >= 0.3 is 0 Å². The zero-order valence-corrected chi connectivity index (χ0v) is 7.99. The molecule has 0 spiro atoms. The van der Waals surface area contributed by atoms with Crippen LogP contribution in [0.3, 0.4) is 0 Å². The fourth-order valence-corrected chi connectivity index (χ4v) is 0. The van der Waals surface area contributed by atoms with Crippen LogP contribution < -0.4 is 0 Å². The third kappa shape index (κ3) is 24.4. The number of carbonyl (C=O) groups is 1. The third-order valence-electron chi connectivity index (χ3n) is 0.423. The predicted molar refractivity (Wildman–Crippen MR) is 45.8 cm³/mol. The molecule has 2 nitrogen and oxygen atoms in total. The van der Waals surface area contributed by atoms with Crippen molar-refractivity contribution >= 4 is 29.6 Å². The molecule has 0 rings (SSSR count). The highest BCUT2D eigenvalue weighted by atomic mass is 35.5. The Morgan fingerprint density at radius 2 is 1.80 bits per heavy atom. The molecule has 10 heavy (non-hydrogen) atoms. The average molecular weight is 186 g/mol. The SMILES string of the molecule is CC(Cl)CCl.CN(C)C=O. The van der Waals surface area contributed by atoms with Crippen molar-refractivity contribution < 1.29 is 4.79 Å². The third-order valence-corrected chi connectivity index (χ3v) is 1.20. The maximum atomic E-state index is 9.43. The average Bonchev–Trinajstić information content (AvgIpc) is 1.89. The number of amides is 1. The van der Waals surface area contributed by atoms with Gasteiger partial charge in [0.25, 0.3) is 0 Å². The van der Waals surface area contributed by atoms with E-state index in [1.807, 2.05) is 6.92 Å². The highest BCUT2D eigenvalue weighted by molar-refractivity contribution is 6.27. The first-order valence-corrected chi connectivity index (χ1v) is 3.83. The Bertz CT molecular complexity index is 76.1. The van der Waals surface area contributed by atoms with Gasteiger partial charge in [0.1, 0.15) is 0 Å². The fourth-order valence-electron chi connectivity index (χ4n) is 0. The second-order valence-corrected chi connectivity index (χ2v) is 3.06. The summed E-state index contributed by atoms with van der Waals surface area (Å²) in [7, 11) is 3.38. The lowest BCUT2D eigenvalue weighted by Crippen LogP contribution is -2.06. The lowest BCUT2D eigenvalue weighted by molar-refractivity contribution is -0.115. The van der Waals surface area contributed by atoms with Crippen molar-refractivity contribution in [3.8, 4) is 0 Å². The molecule has 4 heteroatoms. The minimum atomic E-state index is 0.122. The number of nitrogens with zero attached hydrogens (tertiary/aromatic N) is 1. The largest absolute Gasteiger partial charge is 0.351 e. The molecule has 0 N–H and O–H groups in total. The van der Waals surface area contributed by atoms with E-state index in [-0.39, 0.29) is 5.38 Å². The summed E-state index contributed by atoms with van der Waals surface area (Å²) in [5.41, 5.74) is 0. The van der Waals surface area contributed by atoms with Crippen molar-refractivity contribution in [2.75, 3.05) is 20.0 Å². The highest BCUT2D eigenvalue weighted by Gasteiger charge is 1.85. The second-order valence-electron chi connectivity index (χ2n) is 2.00. The normalized spacial score (nSPS) is 10.9. The van der Waals surface area contributed by atoms with Crippen LogP contribution in [0.25, 0.3) is 0 Å². The van der Waals surface area contributed by atoms with E-state index in [1.165, 1.54) is 4.90 Å². The van der Waals surface area contributed by atoms with Gasteiger partial charge in [-0.1, -0.05) is 0 Å². The van der Waals surface area contributed by atoms with Crippen LogP contribution >= 0.6 is 23.2 Å². The van der Waals surface area contributed by atoms with Crippen molar-refractivity contribution in [1.29, 1.82) is 0 Å². The van der Waals surface area contributed by atoms with Crippen LogP contribution in [-0.2, 0) is 4.79 Å². The summed E-state index contributed by atoms with van der Waals surface area (Å²) < 4.78 is 0. The second kappa shape index (κ2) is 9.05. The van der Waals surface area contributed by atoms with Gasteiger partial charge in [-0.15, -0.1) is 23.2 Å². The molecule has 0 bridgehead atoms. The summed E-state index contributed by atoms with van der Waals surface area (Å²) in [5.74, 6) is 0.543. The quantitative estimate of drug-likeness (QED) is 0.473. The Morgan fingerprint density at radius 1 is 1.60 bits per heavy atom. The van der Waals surface area contributed by atoms with Crippen LogP contribution in [0.15, 0.2) is 0 Å². The molecule has 0 fully saturated rings. The van der Waals surface area contributed by atoms with Crippen molar-refractivity contribution in [3.05, 3.63) is 0 Å². The van der Waals surface area contributed by atoms with Gasteiger partial charge in [0.05, 0.1) is 0 Å². The molecule has 1 atom stereocenters. The molecule has 0 aliphatic heterocycles. The van der Waals surface area contributed by atoms with Crippen LogP contribution in [0.5, 0.6) is 0 Å². The first-order valence-electron chi connectivity index (χ1n) is 2.86. The maximum Gasteiger partial charge on any atom is 0.209 e. The summed E-state index contributed by atoms with van der Waals surface area (Å²) in [6, 6.07) is 0. The van der Waals surface area contributed by atoms with Crippen LogP contribution in [-0.4, -0.2) is 36.7 Å². The zero-order valence-electron chi connectivity index (χ0n) is 6.47. The van der Waals surface area contributed by atoms with Crippen LogP contribution in [0.1, 0.15) is 6.92 Å². The summed E-state index contributed by atoms with van der Waals surface area (Å²) in [5, 5.41) is 0.122. The first-order chi connectivity index (χ1) is 4.54. The Hall–Kier alpha value is 0.0500. The predicted octanol–water partition coefficient (Wildman–Crippen LogP) is 1.56. The Morgan fingerprint density at radius 3 is 1.80 bits per heavy atom. The van der Waals surface area contributed by atoms with Crippen molar-refractivity contribution in [1.82, 2.24) is 4.90 Å². The minimum Gasteiger partial charge on any atom is -0.351 e. The van der Waals surface area contributed by atoms with E-state index in [2.05, 4.69) is 0 Å². The molecule has 1 unspecified atom stereocenters. The molecule has 0 aliphatic rings. The van der Waals surface area contributed by atoms with Crippen LogP contribution in [0, 0.1) is 0 Å². The molecular formula is C6H13Cl2NO. The van der Waals surface area contributed by atoms with E-state index >= 15 is 0 Å². The van der Waals surface area contributed by atoms with Crippen molar-refractivity contribution in [2.45, 2.75) is 12.3 Å². The molecule has 0 saturated heterocycles. The number of carbonyl (C=O) groups excluding carboxylic acids is 1. The van der Waals surface area contributed by atoms with Gasteiger partial charge in [-0.2, -0.15) is 0 Å². The molecule has 0 saturated carbocycles. The van der Waals surface area contributed by atoms with Crippen LogP contribution in [0.2, 0.25) is 0 Å². The Balaban J connectivity index is 0. The molecule has 0 aliphatic carbocycles. The van der Waals surface area contributed by atoms with E-state index in [0.717, 1.165) is 6.41 Å². The zero-order chi connectivity index (χ0) is 8.57. The van der Waals surface area contributed by atoms with Crippen molar-refractivity contribution in [3.63, 3.8) is 0 Å². The number of halogens is 2. The van der Waals surface area contributed by atoms with Gasteiger partial charge in [-0.3, -0.25) is 4.79 Å². The van der Waals surface area contributed by atoms with Gasteiger partial charge in [0.15, 0.2) is 0 Å². The van der Waals surface area contributed by atoms with Crippen molar-refractivity contribution in [2.24, 2.45) is 0 Å². The topological polar surface area (TPSA) is 20.3 Å². The van der Waals surface area contributed by atoms with E-state index in [4.69, 9.17) is 23.2 Å². The molecule has 0 radical (unpaired) electrons. The fraction of sp³-hybridized carbons (Fsp3) is 0.833.